The first-order valence-corrected chi connectivity index (χ1v) is 5.80. The highest BCUT2D eigenvalue weighted by atomic mass is 16.3. The van der Waals surface area contributed by atoms with Gasteiger partial charge in [-0.1, -0.05) is 0 Å². The van der Waals surface area contributed by atoms with Crippen LogP contribution in [0, 0.1) is 0 Å². The lowest BCUT2D eigenvalue weighted by atomic mass is 10.2. The summed E-state index contributed by atoms with van der Waals surface area (Å²) in [6, 6.07) is 3.43. The van der Waals surface area contributed by atoms with E-state index in [-0.39, 0.29) is 24.6 Å². The Morgan fingerprint density at radius 1 is 1.53 bits per heavy atom. The molecule has 2 unspecified atom stereocenters. The molecule has 17 heavy (non-hydrogen) atoms. The van der Waals surface area contributed by atoms with E-state index in [1.807, 2.05) is 13.0 Å². The lowest BCUT2D eigenvalue weighted by molar-refractivity contribution is -0.123. The molecule has 0 saturated carbocycles. The minimum absolute atomic E-state index is 0.0776. The number of nitrogens with one attached hydrogen (secondary N) is 2. The van der Waals surface area contributed by atoms with E-state index < -0.39 is 0 Å². The van der Waals surface area contributed by atoms with Crippen molar-refractivity contribution in [3.05, 3.63) is 24.2 Å². The van der Waals surface area contributed by atoms with Crippen LogP contribution in [0.3, 0.4) is 0 Å². The summed E-state index contributed by atoms with van der Waals surface area (Å²) >= 11 is 0. The van der Waals surface area contributed by atoms with Gasteiger partial charge in [0.1, 0.15) is 5.76 Å². The number of carbonyl (C=O) groups excluding carboxylic acids is 1. The van der Waals surface area contributed by atoms with Gasteiger partial charge in [0, 0.05) is 12.6 Å². The largest absolute Gasteiger partial charge is 0.467 e. The van der Waals surface area contributed by atoms with Gasteiger partial charge in [0.25, 0.3) is 0 Å². The zero-order valence-corrected chi connectivity index (χ0v) is 10.3. The minimum Gasteiger partial charge on any atom is -0.467 e. The van der Waals surface area contributed by atoms with Crippen LogP contribution < -0.4 is 10.6 Å². The number of furan rings is 1. The third-order valence-corrected chi connectivity index (χ3v) is 2.51. The number of aliphatic hydroxyl groups excluding tert-OH is 1. The lowest BCUT2D eigenvalue weighted by Crippen LogP contribution is -2.45. The van der Waals surface area contributed by atoms with E-state index in [0.717, 1.165) is 5.76 Å². The molecule has 1 heterocycles. The first-order valence-electron chi connectivity index (χ1n) is 5.80. The van der Waals surface area contributed by atoms with Crippen LogP contribution in [0.5, 0.6) is 0 Å². The molecule has 0 aliphatic rings. The lowest BCUT2D eigenvalue weighted by Gasteiger charge is -2.18. The molecule has 1 amide bonds. The Kier molecular flexibility index (Phi) is 5.72. The summed E-state index contributed by atoms with van der Waals surface area (Å²) in [5, 5.41) is 14.6. The van der Waals surface area contributed by atoms with Crippen LogP contribution in [-0.2, 0) is 11.3 Å². The number of amides is 1. The van der Waals surface area contributed by atoms with E-state index >= 15 is 0 Å². The summed E-state index contributed by atoms with van der Waals surface area (Å²) < 4.78 is 5.12. The van der Waals surface area contributed by atoms with Crippen LogP contribution in [0.25, 0.3) is 0 Å². The third-order valence-electron chi connectivity index (χ3n) is 2.51. The molecular weight excluding hydrogens is 220 g/mol. The quantitative estimate of drug-likeness (QED) is 0.654. The molecule has 96 valence electrons. The summed E-state index contributed by atoms with van der Waals surface area (Å²) in [5.74, 6) is 0.653. The van der Waals surface area contributed by atoms with Crippen molar-refractivity contribution in [2.24, 2.45) is 0 Å². The van der Waals surface area contributed by atoms with Crippen LogP contribution in [0.1, 0.15) is 26.0 Å². The van der Waals surface area contributed by atoms with Crippen LogP contribution in [0.4, 0.5) is 0 Å². The molecule has 0 spiro atoms. The number of carbonyl (C=O) groups is 1. The van der Waals surface area contributed by atoms with Crippen molar-refractivity contribution in [1.82, 2.24) is 10.6 Å². The van der Waals surface area contributed by atoms with Gasteiger partial charge in [0.05, 0.1) is 18.8 Å². The predicted octanol–water partition coefficient (Wildman–Crippen LogP) is 0.645. The van der Waals surface area contributed by atoms with E-state index in [4.69, 9.17) is 9.52 Å². The third kappa shape index (κ3) is 5.01. The Hall–Kier alpha value is -1.33. The Morgan fingerprint density at radius 2 is 2.29 bits per heavy atom. The molecule has 1 rings (SSSR count). The molecule has 5 heteroatoms. The fourth-order valence-corrected chi connectivity index (χ4v) is 1.52. The van der Waals surface area contributed by atoms with E-state index in [1.165, 1.54) is 0 Å². The van der Waals surface area contributed by atoms with Gasteiger partial charge in [-0.2, -0.15) is 0 Å². The topological polar surface area (TPSA) is 74.5 Å². The summed E-state index contributed by atoms with van der Waals surface area (Å²) in [4.78, 5) is 11.7. The molecule has 0 aliphatic heterocycles. The molecule has 3 N–H and O–H groups in total. The monoisotopic (exact) mass is 240 g/mol. The molecule has 0 aliphatic carbocycles. The van der Waals surface area contributed by atoms with Crippen molar-refractivity contribution < 1.29 is 14.3 Å². The van der Waals surface area contributed by atoms with Crippen molar-refractivity contribution >= 4 is 5.91 Å². The maximum absolute atomic E-state index is 11.7. The second-order valence-electron chi connectivity index (χ2n) is 4.10. The summed E-state index contributed by atoms with van der Waals surface area (Å²) in [6.07, 6.45) is 2.21. The molecule has 0 saturated heterocycles. The van der Waals surface area contributed by atoms with Gasteiger partial charge in [0.2, 0.25) is 5.91 Å². The molecule has 0 aromatic carbocycles. The summed E-state index contributed by atoms with van der Waals surface area (Å²) in [6.45, 7) is 4.25. The minimum atomic E-state index is -0.286. The Balaban J connectivity index is 2.27. The SMILES string of the molecule is CC(CCO)NC(C)C(=O)NCc1ccco1. The molecule has 1 aromatic heterocycles. The highest BCUT2D eigenvalue weighted by molar-refractivity contribution is 5.81. The molecule has 5 nitrogen and oxygen atoms in total. The normalized spacial score (nSPS) is 14.3. The second kappa shape index (κ2) is 7.09. The molecule has 1 aromatic rings. The van der Waals surface area contributed by atoms with Crippen LogP contribution in [0.15, 0.2) is 22.8 Å². The average molecular weight is 240 g/mol. The van der Waals surface area contributed by atoms with Crippen LogP contribution in [-0.4, -0.2) is 29.7 Å². The number of rotatable bonds is 7. The van der Waals surface area contributed by atoms with Crippen molar-refractivity contribution in [3.8, 4) is 0 Å². The number of hydrogen-bond acceptors (Lipinski definition) is 4. The summed E-state index contributed by atoms with van der Waals surface area (Å²) in [7, 11) is 0. The standard InChI is InChI=1S/C12H20N2O3/c1-9(5-6-15)14-10(2)12(16)13-8-11-4-3-7-17-11/h3-4,7,9-10,14-15H,5-6,8H2,1-2H3,(H,13,16). The van der Waals surface area contributed by atoms with Gasteiger partial charge in [-0.05, 0) is 32.4 Å². The first-order chi connectivity index (χ1) is 8.13. The second-order valence-corrected chi connectivity index (χ2v) is 4.10. The molecule has 2 atom stereocenters. The summed E-state index contributed by atoms with van der Waals surface area (Å²) in [5.41, 5.74) is 0. The van der Waals surface area contributed by atoms with Crippen molar-refractivity contribution in [2.45, 2.75) is 38.9 Å². The van der Waals surface area contributed by atoms with Gasteiger partial charge in [0.15, 0.2) is 0 Å². The maximum Gasteiger partial charge on any atom is 0.237 e. The van der Waals surface area contributed by atoms with Crippen molar-refractivity contribution in [3.63, 3.8) is 0 Å². The van der Waals surface area contributed by atoms with Crippen molar-refractivity contribution in [1.29, 1.82) is 0 Å². The average Bonchev–Trinajstić information content (AvgIpc) is 2.78. The predicted molar refractivity (Wildman–Crippen MR) is 64.3 cm³/mol. The zero-order chi connectivity index (χ0) is 12.7. The smallest absolute Gasteiger partial charge is 0.237 e. The molecule has 0 radical (unpaired) electrons. The number of hydrogen-bond donors (Lipinski definition) is 3. The number of aliphatic hydroxyl groups is 1. The Labute approximate surface area is 101 Å². The zero-order valence-electron chi connectivity index (χ0n) is 10.3. The molecule has 0 bridgehead atoms. The van der Waals surface area contributed by atoms with Crippen LogP contribution >= 0.6 is 0 Å². The fraction of sp³-hybridized carbons (Fsp3) is 0.583. The first kappa shape index (κ1) is 13.7. The van der Waals surface area contributed by atoms with Gasteiger partial charge in [-0.3, -0.25) is 4.79 Å². The molecule has 0 fully saturated rings. The highest BCUT2D eigenvalue weighted by Crippen LogP contribution is 1.99. The van der Waals surface area contributed by atoms with Gasteiger partial charge < -0.3 is 20.2 Å². The van der Waals surface area contributed by atoms with E-state index in [0.29, 0.717) is 13.0 Å². The van der Waals surface area contributed by atoms with Crippen molar-refractivity contribution in [2.75, 3.05) is 6.61 Å². The van der Waals surface area contributed by atoms with E-state index in [2.05, 4.69) is 10.6 Å². The highest BCUT2D eigenvalue weighted by Gasteiger charge is 2.14. The van der Waals surface area contributed by atoms with E-state index in [9.17, 15) is 4.79 Å². The van der Waals surface area contributed by atoms with Crippen LogP contribution in [0.2, 0.25) is 0 Å². The maximum atomic E-state index is 11.7. The van der Waals surface area contributed by atoms with Gasteiger partial charge >= 0.3 is 0 Å². The van der Waals surface area contributed by atoms with Gasteiger partial charge in [-0.15, -0.1) is 0 Å². The van der Waals surface area contributed by atoms with E-state index in [1.54, 1.807) is 19.3 Å². The fourth-order valence-electron chi connectivity index (χ4n) is 1.52. The van der Waals surface area contributed by atoms with Gasteiger partial charge in [-0.25, -0.2) is 0 Å². The Bertz CT molecular complexity index is 325. The Morgan fingerprint density at radius 3 is 2.88 bits per heavy atom. The molecular formula is C12H20N2O3.